The van der Waals surface area contributed by atoms with E-state index in [2.05, 4.69) is 24.5 Å². The van der Waals surface area contributed by atoms with Gasteiger partial charge in [0.2, 0.25) is 0 Å². The van der Waals surface area contributed by atoms with Gasteiger partial charge in [-0.2, -0.15) is 0 Å². The normalized spacial score (nSPS) is 10.5. The first-order valence-electron chi connectivity index (χ1n) is 7.22. The molecule has 3 heteroatoms. The lowest BCUT2D eigenvalue weighted by atomic mass is 10.1. The maximum absolute atomic E-state index is 12.6. The molecule has 2 rings (SSSR count). The molecule has 2 aromatic carbocycles. The molecule has 0 atom stereocenters. The molecule has 110 valence electrons. The summed E-state index contributed by atoms with van der Waals surface area (Å²) in [5.41, 5.74) is 4.54. The highest BCUT2D eigenvalue weighted by atomic mass is 16.1. The van der Waals surface area contributed by atoms with Crippen LogP contribution in [0.25, 0.3) is 0 Å². The minimum atomic E-state index is -0.0869. The third-order valence-corrected chi connectivity index (χ3v) is 3.34. The number of rotatable bonds is 4. The number of hydrogen-bond acceptors (Lipinski definition) is 2. The summed E-state index contributed by atoms with van der Waals surface area (Å²) in [7, 11) is 0. The highest BCUT2D eigenvalue weighted by Gasteiger charge is 2.13. The largest absolute Gasteiger partial charge is 0.382 e. The molecular formula is C18H22N2O. The van der Waals surface area contributed by atoms with Crippen molar-refractivity contribution in [2.24, 2.45) is 0 Å². The molecular weight excluding hydrogens is 260 g/mol. The minimum absolute atomic E-state index is 0.0869. The van der Waals surface area contributed by atoms with Crippen molar-refractivity contribution < 1.29 is 4.79 Å². The van der Waals surface area contributed by atoms with Crippen molar-refractivity contribution >= 4 is 17.3 Å². The standard InChI is InChI=1S/C18H22N2O/c1-12(2)19-16-11-6-5-10-15(16)18(21)20-17-13(3)8-7-9-14(17)4/h5-12,19H,1-4H3,(H,20,21). The van der Waals surface area contributed by atoms with E-state index in [9.17, 15) is 4.79 Å². The van der Waals surface area contributed by atoms with Crippen LogP contribution in [0, 0.1) is 13.8 Å². The van der Waals surface area contributed by atoms with Crippen molar-refractivity contribution in [3.05, 3.63) is 59.2 Å². The van der Waals surface area contributed by atoms with Gasteiger partial charge < -0.3 is 10.6 Å². The van der Waals surface area contributed by atoms with Crippen LogP contribution in [-0.4, -0.2) is 11.9 Å². The van der Waals surface area contributed by atoms with Crippen LogP contribution in [0.15, 0.2) is 42.5 Å². The molecule has 0 saturated heterocycles. The predicted octanol–water partition coefficient (Wildman–Crippen LogP) is 4.38. The SMILES string of the molecule is Cc1cccc(C)c1NC(=O)c1ccccc1NC(C)C. The van der Waals surface area contributed by atoms with E-state index in [0.29, 0.717) is 5.56 Å². The molecule has 2 aromatic rings. The fourth-order valence-corrected chi connectivity index (χ4v) is 2.31. The van der Waals surface area contributed by atoms with E-state index in [-0.39, 0.29) is 11.9 Å². The number of anilines is 2. The molecule has 0 aromatic heterocycles. The second-order valence-corrected chi connectivity index (χ2v) is 5.57. The number of amides is 1. The van der Waals surface area contributed by atoms with Gasteiger partial charge in [-0.3, -0.25) is 4.79 Å². The molecule has 0 saturated carbocycles. The third kappa shape index (κ3) is 3.63. The van der Waals surface area contributed by atoms with Crippen LogP contribution in [0.5, 0.6) is 0 Å². The lowest BCUT2D eigenvalue weighted by Crippen LogP contribution is -2.18. The fraction of sp³-hybridized carbons (Fsp3) is 0.278. The van der Waals surface area contributed by atoms with E-state index in [4.69, 9.17) is 0 Å². The molecule has 0 unspecified atom stereocenters. The summed E-state index contributed by atoms with van der Waals surface area (Å²) in [6.45, 7) is 8.11. The third-order valence-electron chi connectivity index (χ3n) is 3.34. The molecule has 21 heavy (non-hydrogen) atoms. The van der Waals surface area contributed by atoms with Crippen LogP contribution in [0.1, 0.15) is 35.3 Å². The van der Waals surface area contributed by atoms with Gasteiger partial charge in [-0.15, -0.1) is 0 Å². The summed E-state index contributed by atoms with van der Waals surface area (Å²) in [4.78, 5) is 12.6. The summed E-state index contributed by atoms with van der Waals surface area (Å²) < 4.78 is 0. The van der Waals surface area contributed by atoms with Crippen LogP contribution in [0.2, 0.25) is 0 Å². The first kappa shape index (κ1) is 15.1. The number of benzene rings is 2. The van der Waals surface area contributed by atoms with E-state index in [1.165, 1.54) is 0 Å². The summed E-state index contributed by atoms with van der Waals surface area (Å²) in [6, 6.07) is 13.9. The van der Waals surface area contributed by atoms with E-state index < -0.39 is 0 Å². The average molecular weight is 282 g/mol. The average Bonchev–Trinajstić information content (AvgIpc) is 2.43. The molecule has 0 aliphatic heterocycles. The van der Waals surface area contributed by atoms with E-state index in [1.807, 2.05) is 56.3 Å². The monoisotopic (exact) mass is 282 g/mol. The first-order valence-corrected chi connectivity index (χ1v) is 7.22. The summed E-state index contributed by atoms with van der Waals surface area (Å²) in [6.07, 6.45) is 0. The Hall–Kier alpha value is -2.29. The molecule has 0 aliphatic rings. The Morgan fingerprint density at radius 3 is 2.19 bits per heavy atom. The lowest BCUT2D eigenvalue weighted by molar-refractivity contribution is 0.102. The van der Waals surface area contributed by atoms with Gasteiger partial charge in [-0.25, -0.2) is 0 Å². The zero-order valence-corrected chi connectivity index (χ0v) is 13.0. The zero-order valence-electron chi connectivity index (χ0n) is 13.0. The molecule has 0 radical (unpaired) electrons. The minimum Gasteiger partial charge on any atom is -0.382 e. The van der Waals surface area contributed by atoms with Gasteiger partial charge in [0.1, 0.15) is 0 Å². The highest BCUT2D eigenvalue weighted by molar-refractivity contribution is 6.08. The number of nitrogens with one attached hydrogen (secondary N) is 2. The second-order valence-electron chi connectivity index (χ2n) is 5.57. The molecule has 0 bridgehead atoms. The Kier molecular flexibility index (Phi) is 4.63. The van der Waals surface area contributed by atoms with Crippen molar-refractivity contribution in [1.29, 1.82) is 0 Å². The summed E-state index contributed by atoms with van der Waals surface area (Å²) in [5.74, 6) is -0.0869. The van der Waals surface area contributed by atoms with Crippen molar-refractivity contribution in [1.82, 2.24) is 0 Å². The Morgan fingerprint density at radius 2 is 1.57 bits per heavy atom. The number of carbonyl (C=O) groups excluding carboxylic acids is 1. The molecule has 1 amide bonds. The van der Waals surface area contributed by atoms with Gasteiger partial charge in [0, 0.05) is 17.4 Å². The molecule has 0 fully saturated rings. The highest BCUT2D eigenvalue weighted by Crippen LogP contribution is 2.22. The van der Waals surface area contributed by atoms with Crippen molar-refractivity contribution in [3.63, 3.8) is 0 Å². The van der Waals surface area contributed by atoms with Gasteiger partial charge in [-0.05, 0) is 51.0 Å². The Bertz CT molecular complexity index is 627. The molecule has 2 N–H and O–H groups in total. The van der Waals surface area contributed by atoms with Crippen LogP contribution < -0.4 is 10.6 Å². The van der Waals surface area contributed by atoms with Gasteiger partial charge in [-0.1, -0.05) is 30.3 Å². The van der Waals surface area contributed by atoms with Gasteiger partial charge >= 0.3 is 0 Å². The molecule has 0 spiro atoms. The number of carbonyl (C=O) groups is 1. The maximum Gasteiger partial charge on any atom is 0.257 e. The quantitative estimate of drug-likeness (QED) is 0.874. The number of hydrogen-bond donors (Lipinski definition) is 2. The predicted molar refractivity (Wildman–Crippen MR) is 89.1 cm³/mol. The van der Waals surface area contributed by atoms with Gasteiger partial charge in [0.25, 0.3) is 5.91 Å². The van der Waals surface area contributed by atoms with Crippen LogP contribution in [-0.2, 0) is 0 Å². The van der Waals surface area contributed by atoms with E-state index in [1.54, 1.807) is 0 Å². The number of para-hydroxylation sites is 2. The van der Waals surface area contributed by atoms with E-state index in [0.717, 1.165) is 22.5 Å². The Morgan fingerprint density at radius 1 is 0.952 bits per heavy atom. The zero-order chi connectivity index (χ0) is 15.4. The lowest BCUT2D eigenvalue weighted by Gasteiger charge is -2.16. The fourth-order valence-electron chi connectivity index (χ4n) is 2.31. The first-order chi connectivity index (χ1) is 9.99. The Balaban J connectivity index is 2.29. The van der Waals surface area contributed by atoms with Crippen molar-refractivity contribution in [2.45, 2.75) is 33.7 Å². The topological polar surface area (TPSA) is 41.1 Å². The van der Waals surface area contributed by atoms with Gasteiger partial charge in [0.05, 0.1) is 5.56 Å². The molecule has 0 aliphatic carbocycles. The summed E-state index contributed by atoms with van der Waals surface area (Å²) in [5, 5.41) is 6.34. The van der Waals surface area contributed by atoms with Crippen LogP contribution >= 0.6 is 0 Å². The molecule has 3 nitrogen and oxygen atoms in total. The Labute approximate surface area is 126 Å². The van der Waals surface area contributed by atoms with E-state index >= 15 is 0 Å². The van der Waals surface area contributed by atoms with Crippen LogP contribution in [0.3, 0.4) is 0 Å². The van der Waals surface area contributed by atoms with Gasteiger partial charge in [0.15, 0.2) is 0 Å². The van der Waals surface area contributed by atoms with Crippen LogP contribution in [0.4, 0.5) is 11.4 Å². The molecule has 0 heterocycles. The second kappa shape index (κ2) is 6.44. The maximum atomic E-state index is 12.6. The van der Waals surface area contributed by atoms with Crippen molar-refractivity contribution in [2.75, 3.05) is 10.6 Å². The van der Waals surface area contributed by atoms with Crippen molar-refractivity contribution in [3.8, 4) is 0 Å². The number of aryl methyl sites for hydroxylation is 2. The summed E-state index contributed by atoms with van der Waals surface area (Å²) >= 11 is 0. The smallest absolute Gasteiger partial charge is 0.257 e.